The molecule has 1 unspecified atom stereocenters. The fourth-order valence-corrected chi connectivity index (χ4v) is 7.28. The van der Waals surface area contributed by atoms with E-state index >= 15 is 0 Å². The lowest BCUT2D eigenvalue weighted by Crippen LogP contribution is -2.55. The molecule has 4 saturated carbocycles. The second-order valence-electron chi connectivity index (χ2n) is 8.38. The molecule has 4 aliphatic carbocycles. The summed E-state index contributed by atoms with van der Waals surface area (Å²) in [5.74, 6) is 2.24. The minimum Gasteiger partial charge on any atom is -0.258 e. The molecule has 0 amide bonds. The van der Waals surface area contributed by atoms with Crippen molar-refractivity contribution in [3.8, 4) is 0 Å². The highest BCUT2D eigenvalue weighted by Crippen LogP contribution is 2.61. The fourth-order valence-electron chi connectivity index (χ4n) is 5.90. The zero-order valence-corrected chi connectivity index (χ0v) is 15.2. The average molecular weight is 364 g/mol. The lowest BCUT2D eigenvalue weighted by atomic mass is 9.48. The molecule has 1 aromatic rings. The summed E-state index contributed by atoms with van der Waals surface area (Å²) >= 11 is 0. The number of nitrogens with zero attached hydrogens (tertiary/aromatic N) is 1. The second-order valence-corrected chi connectivity index (χ2v) is 10.1. The first-order valence-corrected chi connectivity index (χ1v) is 10.5. The van der Waals surface area contributed by atoms with Gasteiger partial charge >= 0.3 is 0 Å². The molecule has 6 nitrogen and oxygen atoms in total. The predicted molar refractivity (Wildman–Crippen MR) is 93.5 cm³/mol. The summed E-state index contributed by atoms with van der Waals surface area (Å²) in [5, 5.41) is 10.9. The molecule has 0 saturated heterocycles. The van der Waals surface area contributed by atoms with Crippen LogP contribution in [0.3, 0.4) is 0 Å². The number of nitrogens with one attached hydrogen (secondary N) is 1. The number of hydrogen-bond donors (Lipinski definition) is 1. The summed E-state index contributed by atoms with van der Waals surface area (Å²) in [7, 11) is -3.76. The third-order valence-electron chi connectivity index (χ3n) is 6.67. The minimum atomic E-state index is -3.76. The number of non-ortho nitro benzene ring substituents is 1. The van der Waals surface area contributed by atoms with Crippen LogP contribution >= 0.6 is 0 Å². The Bertz CT molecular complexity index is 770. The maximum Gasteiger partial charge on any atom is 0.270 e. The molecular formula is C18H24N2O4S. The molecule has 1 atom stereocenters. The molecule has 0 heterocycles. The molecule has 0 aromatic heterocycles. The molecular weight excluding hydrogens is 340 g/mol. The van der Waals surface area contributed by atoms with Gasteiger partial charge in [-0.05, 0) is 74.7 Å². The van der Waals surface area contributed by atoms with Gasteiger partial charge in [0.2, 0.25) is 10.0 Å². The molecule has 4 bridgehead atoms. The smallest absolute Gasteiger partial charge is 0.258 e. The largest absolute Gasteiger partial charge is 0.270 e. The van der Waals surface area contributed by atoms with Crippen molar-refractivity contribution >= 4 is 15.7 Å². The number of nitro benzene ring substituents is 1. The third-order valence-corrected chi connectivity index (χ3v) is 8.21. The van der Waals surface area contributed by atoms with E-state index in [9.17, 15) is 18.5 Å². The Morgan fingerprint density at radius 3 is 2.24 bits per heavy atom. The Morgan fingerprint density at radius 1 is 1.16 bits per heavy atom. The monoisotopic (exact) mass is 364 g/mol. The van der Waals surface area contributed by atoms with Gasteiger partial charge in [-0.25, -0.2) is 13.1 Å². The summed E-state index contributed by atoms with van der Waals surface area (Å²) in [6.45, 7) is 1.97. The number of nitro groups is 1. The van der Waals surface area contributed by atoms with Gasteiger partial charge in [0.15, 0.2) is 0 Å². The lowest BCUT2D eigenvalue weighted by molar-refractivity contribution is -0.385. The summed E-state index contributed by atoms with van der Waals surface area (Å²) in [6, 6.07) is 5.13. The Morgan fingerprint density at radius 2 is 1.72 bits per heavy atom. The molecule has 1 aromatic carbocycles. The van der Waals surface area contributed by atoms with Crippen LogP contribution in [0, 0.1) is 33.3 Å². The average Bonchev–Trinajstić information content (AvgIpc) is 2.53. The first-order valence-electron chi connectivity index (χ1n) is 9.04. The first-order chi connectivity index (χ1) is 11.8. The van der Waals surface area contributed by atoms with Crippen LogP contribution in [-0.4, -0.2) is 19.4 Å². The van der Waals surface area contributed by atoms with E-state index in [2.05, 4.69) is 4.72 Å². The highest BCUT2D eigenvalue weighted by Gasteiger charge is 2.53. The Hall–Kier alpha value is -1.47. The standard InChI is InChI=1S/C18H24N2O4S/c1-12(18-9-13-5-14(10-18)7-15(6-13)11-18)19-25(23,24)17-4-2-3-16(8-17)20(21)22/h2-4,8,12-15,19H,5-7,9-11H2,1H3. The molecule has 136 valence electrons. The van der Waals surface area contributed by atoms with Crippen molar-refractivity contribution in [2.45, 2.75) is 56.4 Å². The molecule has 1 N–H and O–H groups in total. The van der Waals surface area contributed by atoms with Crippen molar-refractivity contribution in [2.75, 3.05) is 0 Å². The van der Waals surface area contributed by atoms with Gasteiger partial charge < -0.3 is 0 Å². The van der Waals surface area contributed by atoms with E-state index in [0.717, 1.165) is 43.1 Å². The van der Waals surface area contributed by atoms with Crippen LogP contribution in [0.4, 0.5) is 5.69 Å². The van der Waals surface area contributed by atoms with Crippen LogP contribution in [0.15, 0.2) is 29.2 Å². The second kappa shape index (κ2) is 5.77. The molecule has 5 rings (SSSR count). The molecule has 4 aliphatic rings. The van der Waals surface area contributed by atoms with E-state index in [1.807, 2.05) is 6.92 Å². The predicted octanol–water partition coefficient (Wildman–Crippen LogP) is 3.48. The maximum absolute atomic E-state index is 12.8. The van der Waals surface area contributed by atoms with E-state index in [4.69, 9.17) is 0 Å². The van der Waals surface area contributed by atoms with Gasteiger partial charge in [-0.2, -0.15) is 0 Å². The SMILES string of the molecule is CC(NS(=O)(=O)c1cccc([N+](=O)[O-])c1)C12CC3CC(CC(C3)C1)C2. The summed E-state index contributed by atoms with van der Waals surface area (Å²) in [5.41, 5.74) is -0.145. The van der Waals surface area contributed by atoms with E-state index < -0.39 is 14.9 Å². The van der Waals surface area contributed by atoms with Crippen LogP contribution < -0.4 is 4.72 Å². The molecule has 0 radical (unpaired) electrons. The molecule has 25 heavy (non-hydrogen) atoms. The van der Waals surface area contributed by atoms with Gasteiger partial charge in [-0.15, -0.1) is 0 Å². The Kier molecular flexibility index (Phi) is 3.92. The third kappa shape index (κ3) is 2.97. The number of sulfonamides is 1. The number of benzene rings is 1. The van der Waals surface area contributed by atoms with Crippen molar-refractivity contribution in [3.05, 3.63) is 34.4 Å². The van der Waals surface area contributed by atoms with Gasteiger partial charge in [0.05, 0.1) is 9.82 Å². The van der Waals surface area contributed by atoms with Gasteiger partial charge in [-0.3, -0.25) is 10.1 Å². The van der Waals surface area contributed by atoms with Crippen molar-refractivity contribution in [3.63, 3.8) is 0 Å². The van der Waals surface area contributed by atoms with Crippen molar-refractivity contribution in [1.29, 1.82) is 0 Å². The molecule has 0 spiro atoms. The van der Waals surface area contributed by atoms with Gasteiger partial charge in [-0.1, -0.05) is 6.07 Å². The molecule has 4 fully saturated rings. The summed E-state index contributed by atoms with van der Waals surface area (Å²) in [6.07, 6.45) is 7.25. The Balaban J connectivity index is 1.57. The lowest BCUT2D eigenvalue weighted by Gasteiger charge is -2.59. The maximum atomic E-state index is 12.8. The van der Waals surface area contributed by atoms with Crippen molar-refractivity contribution in [1.82, 2.24) is 4.72 Å². The molecule has 0 aliphatic heterocycles. The highest BCUT2D eigenvalue weighted by molar-refractivity contribution is 7.89. The van der Waals surface area contributed by atoms with Crippen LogP contribution in [-0.2, 0) is 10.0 Å². The number of hydrogen-bond acceptors (Lipinski definition) is 4. The van der Waals surface area contributed by atoms with Crippen LogP contribution in [0.1, 0.15) is 45.4 Å². The number of rotatable bonds is 5. The normalized spacial score (nSPS) is 34.8. The van der Waals surface area contributed by atoms with Crippen molar-refractivity contribution < 1.29 is 13.3 Å². The van der Waals surface area contributed by atoms with Gasteiger partial charge in [0.25, 0.3) is 5.69 Å². The van der Waals surface area contributed by atoms with Crippen LogP contribution in [0.5, 0.6) is 0 Å². The summed E-state index contributed by atoms with van der Waals surface area (Å²) in [4.78, 5) is 10.3. The van der Waals surface area contributed by atoms with E-state index in [1.54, 1.807) is 0 Å². The van der Waals surface area contributed by atoms with E-state index in [1.165, 1.54) is 37.5 Å². The van der Waals surface area contributed by atoms with Gasteiger partial charge in [0, 0.05) is 18.2 Å². The highest BCUT2D eigenvalue weighted by atomic mass is 32.2. The molecule has 7 heteroatoms. The zero-order valence-electron chi connectivity index (χ0n) is 14.3. The van der Waals surface area contributed by atoms with Gasteiger partial charge in [0.1, 0.15) is 0 Å². The quantitative estimate of drug-likeness (QED) is 0.640. The van der Waals surface area contributed by atoms with Crippen LogP contribution in [0.25, 0.3) is 0 Å². The van der Waals surface area contributed by atoms with Crippen LogP contribution in [0.2, 0.25) is 0 Å². The first kappa shape index (κ1) is 17.0. The summed E-state index contributed by atoms with van der Waals surface area (Å²) < 4.78 is 28.4. The zero-order chi connectivity index (χ0) is 17.8. The van der Waals surface area contributed by atoms with E-state index in [0.29, 0.717) is 0 Å². The van der Waals surface area contributed by atoms with E-state index in [-0.39, 0.29) is 22.0 Å². The Labute approximate surface area is 148 Å². The topological polar surface area (TPSA) is 89.3 Å². The fraction of sp³-hybridized carbons (Fsp3) is 0.667. The van der Waals surface area contributed by atoms with Crippen molar-refractivity contribution in [2.24, 2.45) is 23.2 Å². The minimum absolute atomic E-state index is 0.0294.